The Hall–Kier alpha value is -2.49. The average molecular weight is 334 g/mol. The van der Waals surface area contributed by atoms with Gasteiger partial charge in [0, 0.05) is 49.7 Å². The normalized spacial score (nSPS) is 17.9. The lowest BCUT2D eigenvalue weighted by atomic mass is 10.1. The van der Waals surface area contributed by atoms with E-state index in [1.54, 1.807) is 0 Å². The first-order valence-electron chi connectivity index (χ1n) is 9.30. The average Bonchev–Trinajstić information content (AvgIpc) is 3.35. The second-order valence-corrected chi connectivity index (χ2v) is 7.18. The first-order valence-corrected chi connectivity index (χ1v) is 9.30. The summed E-state index contributed by atoms with van der Waals surface area (Å²) in [6, 6.07) is 12.0. The molecule has 0 N–H and O–H groups in total. The Labute approximate surface area is 146 Å². The Morgan fingerprint density at radius 3 is 1.56 bits per heavy atom. The van der Waals surface area contributed by atoms with Crippen LogP contribution in [0.2, 0.25) is 0 Å². The summed E-state index contributed by atoms with van der Waals surface area (Å²) < 4.78 is 6.17. The molecule has 3 aromatic rings. The van der Waals surface area contributed by atoms with E-state index < -0.39 is 0 Å². The molecule has 128 valence electrons. The van der Waals surface area contributed by atoms with Crippen LogP contribution in [-0.4, -0.2) is 26.2 Å². The van der Waals surface area contributed by atoms with E-state index in [1.165, 1.54) is 25.7 Å². The number of anilines is 2. The molecule has 0 unspecified atom stereocenters. The molecule has 0 amide bonds. The molecule has 0 bridgehead atoms. The molecule has 2 aliphatic rings. The highest BCUT2D eigenvalue weighted by Gasteiger charge is 2.17. The fourth-order valence-electron chi connectivity index (χ4n) is 4.17. The lowest BCUT2D eigenvalue weighted by Crippen LogP contribution is -2.18. The molecule has 1 aromatic heterocycles. The predicted molar refractivity (Wildman–Crippen MR) is 103 cm³/mol. The zero-order chi connectivity index (χ0) is 16.8. The van der Waals surface area contributed by atoms with Crippen molar-refractivity contribution in [2.24, 2.45) is 0 Å². The van der Waals surface area contributed by atoms with Crippen molar-refractivity contribution in [2.45, 2.75) is 25.7 Å². The Morgan fingerprint density at radius 2 is 1.12 bits per heavy atom. The van der Waals surface area contributed by atoms with Crippen LogP contribution in [0.25, 0.3) is 21.9 Å². The molecule has 2 aromatic carbocycles. The molecule has 5 rings (SSSR count). The van der Waals surface area contributed by atoms with Crippen LogP contribution >= 0.6 is 0 Å². The lowest BCUT2D eigenvalue weighted by molar-refractivity contribution is 0.659. The molecule has 3 heterocycles. The summed E-state index contributed by atoms with van der Waals surface area (Å²) in [4.78, 5) is 17.6. The van der Waals surface area contributed by atoms with Crippen molar-refractivity contribution >= 4 is 33.3 Å². The third-order valence-electron chi connectivity index (χ3n) is 5.58. The fourth-order valence-corrected chi connectivity index (χ4v) is 4.17. The number of rotatable bonds is 2. The van der Waals surface area contributed by atoms with Gasteiger partial charge in [-0.15, -0.1) is 0 Å². The van der Waals surface area contributed by atoms with Crippen molar-refractivity contribution in [3.05, 3.63) is 46.6 Å². The van der Waals surface area contributed by atoms with Gasteiger partial charge in [-0.25, -0.2) is 0 Å². The number of hydrogen-bond acceptors (Lipinski definition) is 4. The first-order chi connectivity index (χ1) is 12.3. The van der Waals surface area contributed by atoms with E-state index in [0.717, 1.165) is 37.6 Å². The number of benzene rings is 2. The van der Waals surface area contributed by atoms with Crippen molar-refractivity contribution in [3.8, 4) is 0 Å². The fraction of sp³-hybridized carbons (Fsp3) is 0.381. The Kier molecular flexibility index (Phi) is 3.44. The third kappa shape index (κ3) is 2.48. The van der Waals surface area contributed by atoms with Crippen molar-refractivity contribution in [2.75, 3.05) is 36.0 Å². The molecule has 0 radical (unpaired) electrons. The second-order valence-electron chi connectivity index (χ2n) is 7.18. The molecule has 2 fully saturated rings. The molecular weight excluding hydrogens is 312 g/mol. The molecule has 0 aliphatic carbocycles. The minimum Gasteiger partial charge on any atom is -0.456 e. The van der Waals surface area contributed by atoms with Crippen LogP contribution in [0.5, 0.6) is 0 Å². The largest absolute Gasteiger partial charge is 0.456 e. The highest BCUT2D eigenvalue weighted by molar-refractivity contribution is 5.92. The molecular formula is C21H22N2O2. The third-order valence-corrected chi connectivity index (χ3v) is 5.58. The van der Waals surface area contributed by atoms with Gasteiger partial charge in [-0.3, -0.25) is 4.79 Å². The summed E-state index contributed by atoms with van der Waals surface area (Å²) in [6.07, 6.45) is 4.94. The molecule has 0 spiro atoms. The first kappa shape index (κ1) is 14.8. The van der Waals surface area contributed by atoms with E-state index in [2.05, 4.69) is 21.9 Å². The van der Waals surface area contributed by atoms with E-state index >= 15 is 0 Å². The van der Waals surface area contributed by atoms with Gasteiger partial charge < -0.3 is 14.2 Å². The van der Waals surface area contributed by atoms with Crippen LogP contribution in [0.4, 0.5) is 11.4 Å². The van der Waals surface area contributed by atoms with Gasteiger partial charge in [0.1, 0.15) is 11.2 Å². The predicted octanol–water partition coefficient (Wildman–Crippen LogP) is 4.15. The summed E-state index contributed by atoms with van der Waals surface area (Å²) >= 11 is 0. The molecule has 2 aliphatic heterocycles. The minimum atomic E-state index is 0.0668. The van der Waals surface area contributed by atoms with E-state index in [0.29, 0.717) is 21.9 Å². The summed E-state index contributed by atoms with van der Waals surface area (Å²) in [5.74, 6) is 0. The molecule has 2 saturated heterocycles. The molecule has 0 atom stereocenters. The summed E-state index contributed by atoms with van der Waals surface area (Å²) in [5, 5.41) is 1.34. The van der Waals surface area contributed by atoms with E-state index in [9.17, 15) is 4.79 Å². The van der Waals surface area contributed by atoms with Crippen LogP contribution in [0.3, 0.4) is 0 Å². The molecule has 4 heteroatoms. The highest BCUT2D eigenvalue weighted by Crippen LogP contribution is 2.29. The van der Waals surface area contributed by atoms with Gasteiger partial charge in [0.25, 0.3) is 0 Å². The van der Waals surface area contributed by atoms with Gasteiger partial charge in [0.15, 0.2) is 0 Å². The standard InChI is InChI=1S/C21H22N2O2/c24-21-17-7-5-15(22-9-1-2-10-22)13-19(17)25-20-14-16(6-8-18(20)21)23-11-3-4-12-23/h5-8,13-14H,1-4,9-12H2. The lowest BCUT2D eigenvalue weighted by Gasteiger charge is -2.18. The van der Waals surface area contributed by atoms with E-state index in [4.69, 9.17) is 4.42 Å². The summed E-state index contributed by atoms with van der Waals surface area (Å²) in [5.41, 5.74) is 3.77. The molecule has 4 nitrogen and oxygen atoms in total. The van der Waals surface area contributed by atoms with Gasteiger partial charge in [-0.2, -0.15) is 0 Å². The second kappa shape index (κ2) is 5.80. The molecule has 0 saturated carbocycles. The topological polar surface area (TPSA) is 36.7 Å². The van der Waals surface area contributed by atoms with E-state index in [1.807, 2.05) is 24.3 Å². The van der Waals surface area contributed by atoms with Crippen LogP contribution in [0.15, 0.2) is 45.6 Å². The van der Waals surface area contributed by atoms with Gasteiger partial charge in [-0.05, 0) is 49.9 Å². The van der Waals surface area contributed by atoms with Crippen LogP contribution in [0.1, 0.15) is 25.7 Å². The van der Waals surface area contributed by atoms with Crippen LogP contribution < -0.4 is 15.2 Å². The zero-order valence-corrected chi connectivity index (χ0v) is 14.3. The molecule has 25 heavy (non-hydrogen) atoms. The van der Waals surface area contributed by atoms with Crippen molar-refractivity contribution in [1.82, 2.24) is 0 Å². The van der Waals surface area contributed by atoms with Crippen LogP contribution in [0, 0.1) is 0 Å². The number of nitrogens with zero attached hydrogens (tertiary/aromatic N) is 2. The maximum absolute atomic E-state index is 12.9. The zero-order valence-electron chi connectivity index (χ0n) is 14.3. The van der Waals surface area contributed by atoms with Gasteiger partial charge in [-0.1, -0.05) is 0 Å². The summed E-state index contributed by atoms with van der Waals surface area (Å²) in [6.45, 7) is 4.34. The Bertz CT molecular complexity index is 919. The van der Waals surface area contributed by atoms with Gasteiger partial charge >= 0.3 is 0 Å². The minimum absolute atomic E-state index is 0.0668. The number of fused-ring (bicyclic) bond motifs is 2. The van der Waals surface area contributed by atoms with Crippen LogP contribution in [-0.2, 0) is 0 Å². The monoisotopic (exact) mass is 334 g/mol. The Balaban J connectivity index is 1.66. The Morgan fingerprint density at radius 1 is 0.680 bits per heavy atom. The maximum atomic E-state index is 12.9. The quantitative estimate of drug-likeness (QED) is 0.660. The SMILES string of the molecule is O=c1c2ccc(N3CCCC3)cc2oc2cc(N3CCCC3)ccc12. The van der Waals surface area contributed by atoms with Gasteiger partial charge in [0.2, 0.25) is 5.43 Å². The smallest absolute Gasteiger partial charge is 0.200 e. The van der Waals surface area contributed by atoms with Crippen molar-refractivity contribution in [3.63, 3.8) is 0 Å². The van der Waals surface area contributed by atoms with Crippen molar-refractivity contribution < 1.29 is 4.42 Å². The van der Waals surface area contributed by atoms with E-state index in [-0.39, 0.29) is 5.43 Å². The maximum Gasteiger partial charge on any atom is 0.200 e. The number of hydrogen-bond donors (Lipinski definition) is 0. The van der Waals surface area contributed by atoms with Gasteiger partial charge in [0.05, 0.1) is 10.8 Å². The highest BCUT2D eigenvalue weighted by atomic mass is 16.3. The van der Waals surface area contributed by atoms with Crippen molar-refractivity contribution in [1.29, 1.82) is 0 Å². The summed E-state index contributed by atoms with van der Waals surface area (Å²) in [7, 11) is 0.